The molecule has 0 amide bonds. The van der Waals surface area contributed by atoms with Gasteiger partial charge in [0.25, 0.3) is 0 Å². The number of nitrogens with zero attached hydrogens (tertiary/aromatic N) is 10. The molecule has 4 fully saturated rings. The van der Waals surface area contributed by atoms with E-state index in [1.807, 2.05) is 30.6 Å². The highest BCUT2D eigenvalue weighted by atomic mass is 35.5. The van der Waals surface area contributed by atoms with E-state index in [9.17, 15) is 0 Å². The molecule has 78 heavy (non-hydrogen) atoms. The van der Waals surface area contributed by atoms with Crippen molar-refractivity contribution in [3.63, 3.8) is 0 Å². The highest BCUT2D eigenvalue weighted by molar-refractivity contribution is 6.59. The van der Waals surface area contributed by atoms with Crippen LogP contribution in [-0.2, 0) is 27.1 Å². The van der Waals surface area contributed by atoms with Crippen molar-refractivity contribution < 1.29 is 39.2 Å². The summed E-state index contributed by atoms with van der Waals surface area (Å²) in [6.45, 7) is 7.97. The Labute approximate surface area is 463 Å². The predicted molar refractivity (Wildman–Crippen MR) is 308 cm³/mol. The summed E-state index contributed by atoms with van der Waals surface area (Å²) in [5, 5.41) is 52.4. The molecule has 4 bridgehead atoms. The molecule has 10 rings (SSSR count). The number of rotatable bonds is 21. The van der Waals surface area contributed by atoms with Crippen LogP contribution in [0.1, 0.15) is 62.9 Å². The Morgan fingerprint density at radius 1 is 0.641 bits per heavy atom. The zero-order valence-corrected chi connectivity index (χ0v) is 44.7. The van der Waals surface area contributed by atoms with Crippen molar-refractivity contribution in [2.24, 2.45) is 0 Å². The zero-order valence-electron chi connectivity index (χ0n) is 44.0. The quantitative estimate of drug-likeness (QED) is 0.0310. The van der Waals surface area contributed by atoms with Gasteiger partial charge in [0.05, 0.1) is 43.5 Å². The molecular weight excluding hydrogens is 1010 g/mol. The first-order valence-corrected chi connectivity index (χ1v) is 26.8. The van der Waals surface area contributed by atoms with Crippen molar-refractivity contribution >= 4 is 58.6 Å². The Hall–Kier alpha value is -6.43. The number of benzene rings is 2. The summed E-state index contributed by atoms with van der Waals surface area (Å²) in [6, 6.07) is 29.2. The number of para-hydroxylation sites is 1. The Balaban J connectivity index is 0.000000185. The second-order valence-corrected chi connectivity index (χ2v) is 19.9. The molecule has 418 valence electrons. The minimum Gasteiger partial charge on any atom is -0.468 e. The molecule has 4 atom stereocenters. The van der Waals surface area contributed by atoms with Crippen molar-refractivity contribution in [1.82, 2.24) is 30.4 Å². The fourth-order valence-corrected chi connectivity index (χ4v) is 11.0. The maximum atomic E-state index is 8.94. The largest absolute Gasteiger partial charge is 0.492 e. The number of anilines is 6. The van der Waals surface area contributed by atoms with E-state index in [4.69, 9.17) is 62.3 Å². The molecule has 0 aliphatic carbocycles. The lowest BCUT2D eigenvalue weighted by Gasteiger charge is -2.43. The van der Waals surface area contributed by atoms with Crippen LogP contribution in [0.3, 0.4) is 0 Å². The molecule has 4 saturated heterocycles. The number of methoxy groups -OCH3 is 1. The van der Waals surface area contributed by atoms with Gasteiger partial charge in [-0.2, -0.15) is 0 Å². The number of aliphatic hydroxyl groups excluding tert-OH is 2. The van der Waals surface area contributed by atoms with Crippen molar-refractivity contribution in [2.75, 3.05) is 111 Å². The van der Waals surface area contributed by atoms with Gasteiger partial charge >= 0.3 is 7.12 Å². The van der Waals surface area contributed by atoms with Crippen LogP contribution < -0.4 is 41.3 Å². The lowest BCUT2D eigenvalue weighted by molar-refractivity contribution is 0.0517. The average Bonchev–Trinajstić information content (AvgIpc) is 3.98. The first-order chi connectivity index (χ1) is 37.5. The number of ether oxygens (including phenoxy) is 4. The summed E-state index contributed by atoms with van der Waals surface area (Å²) in [5.41, 5.74) is 22.3. The molecule has 22 heteroatoms. The van der Waals surface area contributed by atoms with Crippen LogP contribution >= 0.6 is 11.6 Å². The van der Waals surface area contributed by atoms with Crippen LogP contribution in [0.25, 0.3) is 11.3 Å². The van der Waals surface area contributed by atoms with Crippen molar-refractivity contribution in [2.45, 2.75) is 89.9 Å². The summed E-state index contributed by atoms with van der Waals surface area (Å²) < 4.78 is 20.5. The van der Waals surface area contributed by atoms with Gasteiger partial charge in [-0.25, -0.2) is 0 Å². The predicted octanol–water partition coefficient (Wildman–Crippen LogP) is 5.12. The second-order valence-electron chi connectivity index (χ2n) is 19.5. The van der Waals surface area contributed by atoms with E-state index in [0.29, 0.717) is 78.6 Å². The van der Waals surface area contributed by atoms with Crippen molar-refractivity contribution in [3.8, 4) is 17.0 Å². The molecule has 8 N–H and O–H groups in total. The number of halogens is 1. The van der Waals surface area contributed by atoms with Gasteiger partial charge in [-0.3, -0.25) is 9.97 Å². The van der Waals surface area contributed by atoms with Crippen LogP contribution in [0.2, 0.25) is 5.15 Å². The minimum absolute atomic E-state index is 0. The number of piperazine rings is 2. The van der Waals surface area contributed by atoms with E-state index in [2.05, 4.69) is 99.4 Å². The van der Waals surface area contributed by atoms with Gasteiger partial charge in [-0.05, 0) is 100 Å². The maximum Gasteiger partial charge on any atom is 0.492 e. The Morgan fingerprint density at radius 2 is 1.14 bits per heavy atom. The van der Waals surface area contributed by atoms with E-state index >= 15 is 0 Å². The van der Waals surface area contributed by atoms with E-state index in [1.54, 1.807) is 24.3 Å². The molecule has 4 aromatic heterocycles. The van der Waals surface area contributed by atoms with Crippen molar-refractivity contribution in [3.05, 3.63) is 119 Å². The van der Waals surface area contributed by atoms with E-state index < -0.39 is 7.12 Å². The molecule has 0 spiro atoms. The Bertz CT molecular complexity index is 2780. The van der Waals surface area contributed by atoms with E-state index in [0.717, 1.165) is 112 Å². The number of fused-ring (bicyclic) bond motifs is 4. The Kier molecular flexibility index (Phi) is 22.4. The standard InChI is InChI=1S/C27H34N6O2.C20H27ClN6O2.C8H11BO4.CH4/c1-19-5-2-3-7-24(19)25-16-26(27(28)31-30-25)32-17-22-8-9-23(18-32)33(22)21-10-11-29-20(15-21)6-4-13-35-14-12-34;21-19-11-18(20(22)25-24-19)26-12-16-3-4-17(13-26)27(16)15-5-6-23-14(10-15)2-1-8-29-9-7-28;1-12-6-13-8-5-3-2-4-7(8)9(10)11;/h2-3,5,7,10-11,15-16,22-23,34H,4,6,8-9,12-14,17-18H2,1H3,(H2,28,31);5-6,10-11,16-17,28H,1-4,7-9,12-13H2,(H2,22,25);2-5,10-11H,6H2,1H3;1H4. The van der Waals surface area contributed by atoms with Gasteiger partial charge in [0.1, 0.15) is 5.75 Å². The van der Waals surface area contributed by atoms with Gasteiger partial charge in [0, 0.05) is 123 Å². The van der Waals surface area contributed by atoms with Crippen LogP contribution in [-0.4, -0.2) is 162 Å². The SMILES string of the molecule is C.COCOc1ccccc1B(O)O.Cc1ccccc1-c1cc(N2CC3CCC(C2)N3c2ccnc(CCCOCCO)c2)c(N)nn1.Nc1nnc(Cl)cc1N1CC2CCC(C1)N2c1ccnc(CCCOCCO)c1. The topological polar surface area (TPSA) is 260 Å². The van der Waals surface area contributed by atoms with Gasteiger partial charge in [0.2, 0.25) is 0 Å². The summed E-state index contributed by atoms with van der Waals surface area (Å²) >= 11 is 6.04. The number of aromatic nitrogens is 6. The zero-order chi connectivity index (χ0) is 54.1. The number of pyridine rings is 2. The van der Waals surface area contributed by atoms with Crippen LogP contribution in [0, 0.1) is 6.92 Å². The molecule has 4 unspecified atom stereocenters. The molecule has 4 aliphatic rings. The number of aliphatic hydroxyl groups is 2. The van der Waals surface area contributed by atoms with Gasteiger partial charge in [-0.15, -0.1) is 20.4 Å². The average molecular weight is 1090 g/mol. The molecule has 8 heterocycles. The third-order valence-corrected chi connectivity index (χ3v) is 14.5. The lowest BCUT2D eigenvalue weighted by atomic mass is 9.80. The number of aryl methyl sites for hydroxylation is 3. The third-order valence-electron chi connectivity index (χ3n) is 14.3. The highest BCUT2D eigenvalue weighted by Crippen LogP contribution is 2.40. The van der Waals surface area contributed by atoms with Gasteiger partial charge in [-0.1, -0.05) is 61.5 Å². The highest BCUT2D eigenvalue weighted by Gasteiger charge is 2.42. The number of hydrogen-bond acceptors (Lipinski definition) is 20. The summed E-state index contributed by atoms with van der Waals surface area (Å²) in [5.74, 6) is 1.33. The number of hydrogen-bond donors (Lipinski definition) is 6. The van der Waals surface area contributed by atoms with Crippen LogP contribution in [0.5, 0.6) is 5.75 Å². The normalized spacial score (nSPS) is 18.1. The molecule has 6 aromatic rings. The summed E-state index contributed by atoms with van der Waals surface area (Å²) in [7, 11) is -0.0223. The summed E-state index contributed by atoms with van der Waals surface area (Å²) in [6.07, 6.45) is 12.0. The Morgan fingerprint density at radius 3 is 1.65 bits per heavy atom. The first-order valence-electron chi connectivity index (χ1n) is 26.4. The van der Waals surface area contributed by atoms with Gasteiger partial charge in [0.15, 0.2) is 23.6 Å². The number of nitrogen functional groups attached to an aromatic ring is 2. The number of nitrogens with two attached hydrogens (primary N) is 2. The fourth-order valence-electron chi connectivity index (χ4n) is 10.8. The van der Waals surface area contributed by atoms with Gasteiger partial charge < -0.3 is 70.3 Å². The minimum atomic E-state index is -1.52. The fraction of sp³-hybridized carbons (Fsp3) is 0.464. The van der Waals surface area contributed by atoms with E-state index in [-0.39, 0.29) is 27.4 Å². The molecule has 2 aromatic carbocycles. The molecule has 20 nitrogen and oxygen atoms in total. The molecule has 4 aliphatic heterocycles. The summed E-state index contributed by atoms with van der Waals surface area (Å²) in [4.78, 5) is 18.9. The molecule has 0 saturated carbocycles. The maximum absolute atomic E-state index is 8.94. The molecule has 0 radical (unpaired) electrons. The monoisotopic (exact) mass is 1090 g/mol. The smallest absolute Gasteiger partial charge is 0.468 e. The first kappa shape index (κ1) is 59.2. The lowest BCUT2D eigenvalue weighted by Crippen LogP contribution is -2.54. The van der Waals surface area contributed by atoms with Crippen molar-refractivity contribution in [1.29, 1.82) is 0 Å². The molecular formula is C56H76BClN12O8. The van der Waals surface area contributed by atoms with Crippen LogP contribution in [0.15, 0.2) is 97.3 Å². The third kappa shape index (κ3) is 15.4. The second kappa shape index (κ2) is 29.5. The van der Waals surface area contributed by atoms with E-state index in [1.165, 1.54) is 24.0 Å². The van der Waals surface area contributed by atoms with Crippen LogP contribution in [0.4, 0.5) is 34.4 Å².